The van der Waals surface area contributed by atoms with Crippen molar-refractivity contribution in [2.75, 3.05) is 13.1 Å². The van der Waals surface area contributed by atoms with E-state index in [1.165, 1.54) is 49.0 Å². The molecule has 1 heterocycles. The molecule has 0 aromatic heterocycles. The van der Waals surface area contributed by atoms with Crippen LogP contribution in [-0.2, 0) is 18.4 Å². The van der Waals surface area contributed by atoms with Gasteiger partial charge in [0.15, 0.2) is 0 Å². The summed E-state index contributed by atoms with van der Waals surface area (Å²) in [7, 11) is 0. The summed E-state index contributed by atoms with van der Waals surface area (Å²) >= 11 is 0. The standard InChI is InChI=1S/C23H31N/c1-23(2,3)22-13-11-19(12-14-22)16-21-10-7-15-24(18-21)17-20-8-5-4-6-9-20/h4-6,8-9,11-14,21H,7,10,15-18H2,1-3H3. The lowest BCUT2D eigenvalue weighted by molar-refractivity contribution is 0.167. The van der Waals surface area contributed by atoms with Gasteiger partial charge in [-0.15, -0.1) is 0 Å². The van der Waals surface area contributed by atoms with Crippen LogP contribution in [0.5, 0.6) is 0 Å². The molecule has 1 fully saturated rings. The normalized spacial score (nSPS) is 19.4. The molecule has 24 heavy (non-hydrogen) atoms. The quantitative estimate of drug-likeness (QED) is 0.725. The van der Waals surface area contributed by atoms with Gasteiger partial charge in [-0.05, 0) is 53.8 Å². The molecule has 0 N–H and O–H groups in total. The van der Waals surface area contributed by atoms with Crippen LogP contribution >= 0.6 is 0 Å². The predicted octanol–water partition coefficient (Wildman–Crippen LogP) is 5.44. The van der Waals surface area contributed by atoms with E-state index in [1.807, 2.05) is 0 Å². The van der Waals surface area contributed by atoms with Crippen molar-refractivity contribution < 1.29 is 0 Å². The lowest BCUT2D eigenvalue weighted by Gasteiger charge is -2.33. The average molecular weight is 322 g/mol. The highest BCUT2D eigenvalue weighted by Crippen LogP contribution is 2.25. The maximum Gasteiger partial charge on any atom is 0.0233 e. The van der Waals surface area contributed by atoms with Crippen LogP contribution < -0.4 is 0 Å². The topological polar surface area (TPSA) is 3.24 Å². The van der Waals surface area contributed by atoms with Crippen molar-refractivity contribution in [1.29, 1.82) is 0 Å². The van der Waals surface area contributed by atoms with Gasteiger partial charge in [0.2, 0.25) is 0 Å². The van der Waals surface area contributed by atoms with Gasteiger partial charge in [-0.25, -0.2) is 0 Å². The Morgan fingerprint density at radius 1 is 0.917 bits per heavy atom. The SMILES string of the molecule is CC(C)(C)c1ccc(CC2CCCN(Cc3ccccc3)C2)cc1. The lowest BCUT2D eigenvalue weighted by Crippen LogP contribution is -2.35. The zero-order valence-electron chi connectivity index (χ0n) is 15.5. The van der Waals surface area contributed by atoms with Crippen molar-refractivity contribution in [3.05, 3.63) is 71.3 Å². The first-order valence-corrected chi connectivity index (χ1v) is 9.36. The fourth-order valence-electron chi connectivity index (χ4n) is 3.78. The molecule has 0 spiro atoms. The molecule has 3 rings (SSSR count). The Kier molecular flexibility index (Phi) is 5.40. The van der Waals surface area contributed by atoms with Crippen molar-refractivity contribution in [1.82, 2.24) is 4.90 Å². The van der Waals surface area contributed by atoms with Gasteiger partial charge in [-0.3, -0.25) is 4.90 Å². The summed E-state index contributed by atoms with van der Waals surface area (Å²) in [4.78, 5) is 2.63. The summed E-state index contributed by atoms with van der Waals surface area (Å²) in [5.41, 5.74) is 4.61. The van der Waals surface area contributed by atoms with Gasteiger partial charge >= 0.3 is 0 Å². The molecule has 0 amide bonds. The Morgan fingerprint density at radius 2 is 1.62 bits per heavy atom. The predicted molar refractivity (Wildman–Crippen MR) is 103 cm³/mol. The van der Waals surface area contributed by atoms with E-state index < -0.39 is 0 Å². The zero-order valence-corrected chi connectivity index (χ0v) is 15.5. The Bertz CT molecular complexity index is 621. The summed E-state index contributed by atoms with van der Waals surface area (Å²) < 4.78 is 0. The summed E-state index contributed by atoms with van der Waals surface area (Å²) in [6.45, 7) is 10.4. The van der Waals surface area contributed by atoms with Crippen molar-refractivity contribution in [3.8, 4) is 0 Å². The molecule has 1 atom stereocenters. The molecule has 2 aromatic carbocycles. The molecule has 1 saturated heterocycles. The molecular formula is C23H31N. The minimum Gasteiger partial charge on any atom is -0.299 e. The zero-order chi connectivity index (χ0) is 17.0. The second-order valence-electron chi connectivity index (χ2n) is 8.38. The van der Waals surface area contributed by atoms with Gasteiger partial charge in [0.05, 0.1) is 0 Å². The fourth-order valence-corrected chi connectivity index (χ4v) is 3.78. The minimum atomic E-state index is 0.246. The Morgan fingerprint density at radius 3 is 2.29 bits per heavy atom. The largest absolute Gasteiger partial charge is 0.299 e. The molecule has 0 saturated carbocycles. The van der Waals surface area contributed by atoms with Crippen molar-refractivity contribution >= 4 is 0 Å². The fraction of sp³-hybridized carbons (Fsp3) is 0.478. The van der Waals surface area contributed by atoms with Crippen LogP contribution in [0.2, 0.25) is 0 Å². The first-order chi connectivity index (χ1) is 11.5. The number of hydrogen-bond acceptors (Lipinski definition) is 1. The number of rotatable bonds is 4. The second-order valence-corrected chi connectivity index (χ2v) is 8.38. The van der Waals surface area contributed by atoms with E-state index in [9.17, 15) is 0 Å². The first-order valence-electron chi connectivity index (χ1n) is 9.36. The first kappa shape index (κ1) is 17.2. The highest BCUT2D eigenvalue weighted by molar-refractivity contribution is 5.27. The van der Waals surface area contributed by atoms with E-state index in [0.717, 1.165) is 12.5 Å². The van der Waals surface area contributed by atoms with Gasteiger partial charge < -0.3 is 0 Å². The highest BCUT2D eigenvalue weighted by Gasteiger charge is 2.20. The van der Waals surface area contributed by atoms with Gasteiger partial charge in [0.25, 0.3) is 0 Å². The van der Waals surface area contributed by atoms with E-state index in [-0.39, 0.29) is 5.41 Å². The maximum atomic E-state index is 2.63. The smallest absolute Gasteiger partial charge is 0.0233 e. The molecule has 1 aliphatic rings. The number of likely N-dealkylation sites (tertiary alicyclic amines) is 1. The molecule has 1 nitrogen and oxygen atoms in total. The van der Waals surface area contributed by atoms with Gasteiger partial charge in [0.1, 0.15) is 0 Å². The molecule has 1 aliphatic heterocycles. The number of nitrogens with zero attached hydrogens (tertiary/aromatic N) is 1. The minimum absolute atomic E-state index is 0.246. The average Bonchev–Trinajstić information content (AvgIpc) is 2.56. The van der Waals surface area contributed by atoms with Crippen molar-refractivity contribution in [2.24, 2.45) is 5.92 Å². The van der Waals surface area contributed by atoms with Crippen LogP contribution in [0.3, 0.4) is 0 Å². The number of piperidine rings is 1. The highest BCUT2D eigenvalue weighted by atomic mass is 15.1. The monoisotopic (exact) mass is 321 g/mol. The molecule has 1 unspecified atom stereocenters. The maximum absolute atomic E-state index is 2.63. The van der Waals surface area contributed by atoms with Gasteiger partial charge in [0, 0.05) is 13.1 Å². The Labute approximate surface area is 147 Å². The van der Waals surface area contributed by atoms with Crippen LogP contribution in [0.25, 0.3) is 0 Å². The third kappa shape index (κ3) is 4.70. The molecule has 0 radical (unpaired) electrons. The van der Waals surface area contributed by atoms with Crippen LogP contribution in [0.4, 0.5) is 0 Å². The van der Waals surface area contributed by atoms with Crippen LogP contribution in [-0.4, -0.2) is 18.0 Å². The second kappa shape index (κ2) is 7.53. The van der Waals surface area contributed by atoms with Crippen molar-refractivity contribution in [2.45, 2.75) is 52.0 Å². The number of benzene rings is 2. The van der Waals surface area contributed by atoms with E-state index in [4.69, 9.17) is 0 Å². The van der Waals surface area contributed by atoms with Gasteiger partial charge in [-0.1, -0.05) is 75.4 Å². The molecule has 128 valence electrons. The van der Waals surface area contributed by atoms with E-state index >= 15 is 0 Å². The van der Waals surface area contributed by atoms with E-state index in [0.29, 0.717) is 0 Å². The summed E-state index contributed by atoms with van der Waals surface area (Å²) in [6, 6.07) is 20.2. The number of hydrogen-bond donors (Lipinski definition) is 0. The van der Waals surface area contributed by atoms with E-state index in [1.54, 1.807) is 0 Å². The van der Waals surface area contributed by atoms with Gasteiger partial charge in [-0.2, -0.15) is 0 Å². The molecule has 0 aliphatic carbocycles. The van der Waals surface area contributed by atoms with E-state index in [2.05, 4.69) is 80.3 Å². The van der Waals surface area contributed by atoms with Crippen molar-refractivity contribution in [3.63, 3.8) is 0 Å². The van der Waals surface area contributed by atoms with Crippen LogP contribution in [0, 0.1) is 5.92 Å². The third-order valence-electron chi connectivity index (χ3n) is 5.20. The summed E-state index contributed by atoms with van der Waals surface area (Å²) in [6.07, 6.45) is 3.92. The summed E-state index contributed by atoms with van der Waals surface area (Å²) in [5.74, 6) is 0.794. The molecule has 0 bridgehead atoms. The molecule has 2 aromatic rings. The Hall–Kier alpha value is -1.60. The molecule has 1 heteroatoms. The van der Waals surface area contributed by atoms with Crippen LogP contribution in [0.1, 0.15) is 50.3 Å². The third-order valence-corrected chi connectivity index (χ3v) is 5.20. The molecular weight excluding hydrogens is 290 g/mol. The summed E-state index contributed by atoms with van der Waals surface area (Å²) in [5, 5.41) is 0. The lowest BCUT2D eigenvalue weighted by atomic mass is 9.85. The Balaban J connectivity index is 1.57. The van der Waals surface area contributed by atoms with Crippen LogP contribution in [0.15, 0.2) is 54.6 Å².